The Morgan fingerprint density at radius 3 is 1.53 bits per heavy atom. The molecule has 15 heavy (non-hydrogen) atoms. The van der Waals surface area contributed by atoms with Crippen LogP contribution in [0.2, 0.25) is 45.3 Å². The third kappa shape index (κ3) is 8.12. The van der Waals surface area contributed by atoms with Gasteiger partial charge in [0.25, 0.3) is 0 Å². The summed E-state index contributed by atoms with van der Waals surface area (Å²) in [5.41, 5.74) is 0. The van der Waals surface area contributed by atoms with Crippen molar-refractivity contribution in [1.29, 1.82) is 0 Å². The maximum Gasteiger partial charge on any atom is 0.481 e. The first-order valence-corrected chi connectivity index (χ1v) is 14.0. The SMILES string of the molecule is C=CC[Si](O)(O[Si](C)(C)C)O[Si](C)(C)C. The first-order chi connectivity index (χ1) is 6.47. The van der Waals surface area contributed by atoms with Crippen LogP contribution in [0.1, 0.15) is 0 Å². The summed E-state index contributed by atoms with van der Waals surface area (Å²) in [5, 5.41) is 0. The Balaban J connectivity index is 4.66. The molecule has 0 aromatic carbocycles. The second-order valence-corrected chi connectivity index (χ2v) is 17.6. The number of hydrogen-bond acceptors (Lipinski definition) is 3. The molecule has 0 spiro atoms. The zero-order valence-corrected chi connectivity index (χ0v) is 13.8. The molecule has 0 aliphatic rings. The number of hydrogen-bond donors (Lipinski definition) is 1. The summed E-state index contributed by atoms with van der Waals surface area (Å²) in [5.74, 6) is 0. The van der Waals surface area contributed by atoms with Gasteiger partial charge < -0.3 is 13.0 Å². The molecule has 3 nitrogen and oxygen atoms in total. The molecule has 0 saturated heterocycles. The molecule has 0 radical (unpaired) electrons. The lowest BCUT2D eigenvalue weighted by Gasteiger charge is -2.35. The van der Waals surface area contributed by atoms with E-state index in [2.05, 4.69) is 45.9 Å². The van der Waals surface area contributed by atoms with Gasteiger partial charge in [0.2, 0.25) is 0 Å². The zero-order chi connectivity index (χ0) is 12.3. The van der Waals surface area contributed by atoms with Crippen LogP contribution in [-0.4, -0.2) is 30.2 Å². The molecule has 0 atom stereocenters. The molecule has 0 fully saturated rings. The zero-order valence-electron chi connectivity index (χ0n) is 10.8. The largest absolute Gasteiger partial charge is 0.481 e. The molecule has 1 N–H and O–H groups in total. The lowest BCUT2D eigenvalue weighted by molar-refractivity contribution is 0.249. The van der Waals surface area contributed by atoms with Gasteiger partial charge in [0, 0.05) is 6.04 Å². The number of allylic oxidation sites excluding steroid dienone is 1. The molecule has 0 heterocycles. The Morgan fingerprint density at radius 1 is 1.00 bits per heavy atom. The summed E-state index contributed by atoms with van der Waals surface area (Å²) in [7, 11) is -6.55. The second-order valence-electron chi connectivity index (χ2n) is 5.63. The van der Waals surface area contributed by atoms with Gasteiger partial charge in [-0.2, -0.15) is 0 Å². The van der Waals surface area contributed by atoms with E-state index < -0.39 is 25.4 Å². The molecular weight excluding hydrogens is 240 g/mol. The van der Waals surface area contributed by atoms with E-state index in [9.17, 15) is 4.80 Å². The van der Waals surface area contributed by atoms with E-state index in [4.69, 9.17) is 8.23 Å². The van der Waals surface area contributed by atoms with Gasteiger partial charge in [-0.05, 0) is 39.3 Å². The first-order valence-electron chi connectivity index (χ1n) is 5.21. The van der Waals surface area contributed by atoms with E-state index in [1.165, 1.54) is 0 Å². The number of rotatable bonds is 6. The molecule has 0 aromatic heterocycles. The van der Waals surface area contributed by atoms with Crippen molar-refractivity contribution >= 4 is 25.4 Å². The van der Waals surface area contributed by atoms with Gasteiger partial charge in [0.05, 0.1) is 0 Å². The minimum Gasteiger partial charge on any atom is -0.416 e. The highest BCUT2D eigenvalue weighted by Crippen LogP contribution is 2.21. The van der Waals surface area contributed by atoms with Gasteiger partial charge in [-0.1, -0.05) is 6.08 Å². The highest BCUT2D eigenvalue weighted by atomic mass is 28.5. The maximum absolute atomic E-state index is 10.4. The predicted octanol–water partition coefficient (Wildman–Crippen LogP) is 2.81. The highest BCUT2D eigenvalue weighted by molar-refractivity contribution is 6.85. The Bertz CT molecular complexity index is 202. The van der Waals surface area contributed by atoms with Crippen LogP contribution in [0, 0.1) is 0 Å². The van der Waals surface area contributed by atoms with E-state index >= 15 is 0 Å². The van der Waals surface area contributed by atoms with Crippen LogP contribution < -0.4 is 0 Å². The van der Waals surface area contributed by atoms with Gasteiger partial charge in [-0.15, -0.1) is 6.58 Å². The summed E-state index contributed by atoms with van der Waals surface area (Å²) < 4.78 is 11.6. The lowest BCUT2D eigenvalue weighted by Crippen LogP contribution is -2.54. The summed E-state index contributed by atoms with van der Waals surface area (Å²) in [6, 6.07) is 0.446. The summed E-state index contributed by atoms with van der Waals surface area (Å²) >= 11 is 0. The molecule has 0 aromatic rings. The van der Waals surface area contributed by atoms with Crippen molar-refractivity contribution in [3.63, 3.8) is 0 Å². The van der Waals surface area contributed by atoms with Crippen LogP contribution in [0.4, 0.5) is 0 Å². The minimum absolute atomic E-state index is 0.446. The Kier molecular flexibility index (Phi) is 5.16. The van der Waals surface area contributed by atoms with Crippen molar-refractivity contribution in [2.24, 2.45) is 0 Å². The van der Waals surface area contributed by atoms with E-state index in [-0.39, 0.29) is 0 Å². The van der Waals surface area contributed by atoms with E-state index in [1.807, 2.05) is 0 Å². The molecule has 6 heteroatoms. The van der Waals surface area contributed by atoms with Gasteiger partial charge in [0.1, 0.15) is 0 Å². The second kappa shape index (κ2) is 5.07. The molecule has 0 saturated carbocycles. The molecule has 90 valence electrons. The molecule has 0 aliphatic carbocycles. The molecule has 0 bridgehead atoms. The van der Waals surface area contributed by atoms with Crippen LogP contribution in [-0.2, 0) is 8.23 Å². The van der Waals surface area contributed by atoms with Crippen LogP contribution in [0.15, 0.2) is 12.7 Å². The van der Waals surface area contributed by atoms with E-state index in [0.29, 0.717) is 6.04 Å². The van der Waals surface area contributed by atoms with Gasteiger partial charge >= 0.3 is 8.80 Å². The van der Waals surface area contributed by atoms with Crippen molar-refractivity contribution in [1.82, 2.24) is 0 Å². The van der Waals surface area contributed by atoms with Crippen molar-refractivity contribution in [2.75, 3.05) is 0 Å². The molecule has 0 aliphatic heterocycles. The molecule has 0 unspecified atom stereocenters. The fourth-order valence-corrected chi connectivity index (χ4v) is 10.5. The van der Waals surface area contributed by atoms with Gasteiger partial charge in [0.15, 0.2) is 16.6 Å². The third-order valence-corrected chi connectivity index (χ3v) is 9.59. The normalized spacial score (nSPS) is 14.1. The fourth-order valence-electron chi connectivity index (χ4n) is 1.24. The monoisotopic (exact) mass is 264 g/mol. The predicted molar refractivity (Wildman–Crippen MR) is 71.8 cm³/mol. The fraction of sp³-hybridized carbons (Fsp3) is 0.778. The average Bonchev–Trinajstić information content (AvgIpc) is 1.74. The van der Waals surface area contributed by atoms with Gasteiger partial charge in [-0.3, -0.25) is 0 Å². The van der Waals surface area contributed by atoms with Crippen molar-refractivity contribution < 1.29 is 13.0 Å². The standard InChI is InChI=1S/C9H24O3Si3/c1-8-9-15(10,11-13(2,3)4)12-14(5,6)7/h8,10H,1,9H2,2-7H3. The van der Waals surface area contributed by atoms with Crippen LogP contribution in [0.3, 0.4) is 0 Å². The smallest absolute Gasteiger partial charge is 0.416 e. The Morgan fingerprint density at radius 2 is 1.33 bits per heavy atom. The Labute approximate surface area is 96.8 Å². The highest BCUT2D eigenvalue weighted by Gasteiger charge is 2.43. The van der Waals surface area contributed by atoms with Crippen molar-refractivity contribution in [3.05, 3.63) is 12.7 Å². The average molecular weight is 265 g/mol. The van der Waals surface area contributed by atoms with E-state index in [1.54, 1.807) is 6.08 Å². The van der Waals surface area contributed by atoms with Crippen LogP contribution in [0.5, 0.6) is 0 Å². The summed E-state index contributed by atoms with van der Waals surface area (Å²) in [6.07, 6.45) is 1.69. The van der Waals surface area contributed by atoms with Crippen molar-refractivity contribution in [2.45, 2.75) is 45.3 Å². The first kappa shape index (κ1) is 15.3. The van der Waals surface area contributed by atoms with Crippen LogP contribution >= 0.6 is 0 Å². The van der Waals surface area contributed by atoms with Crippen molar-refractivity contribution in [3.8, 4) is 0 Å². The summed E-state index contributed by atoms with van der Waals surface area (Å²) in [4.78, 5) is 10.4. The minimum atomic E-state index is -3.01. The molecular formula is C9H24O3Si3. The maximum atomic E-state index is 10.4. The molecule has 0 amide bonds. The Hall–Kier alpha value is 0.271. The van der Waals surface area contributed by atoms with Gasteiger partial charge in [-0.25, -0.2) is 0 Å². The third-order valence-electron chi connectivity index (χ3n) is 1.33. The topological polar surface area (TPSA) is 38.7 Å². The molecule has 0 rings (SSSR count). The lowest BCUT2D eigenvalue weighted by atomic mass is 10.8. The summed E-state index contributed by atoms with van der Waals surface area (Å²) in [6.45, 7) is 16.0. The quantitative estimate of drug-likeness (QED) is 0.592. The van der Waals surface area contributed by atoms with E-state index in [0.717, 1.165) is 0 Å². The van der Waals surface area contributed by atoms with Crippen LogP contribution in [0.25, 0.3) is 0 Å².